The van der Waals surface area contributed by atoms with Crippen molar-refractivity contribution in [2.24, 2.45) is 0 Å². The van der Waals surface area contributed by atoms with Gasteiger partial charge in [-0.15, -0.1) is 0 Å². The summed E-state index contributed by atoms with van der Waals surface area (Å²) in [5, 5.41) is 3.31. The van der Waals surface area contributed by atoms with E-state index in [0.29, 0.717) is 24.0 Å². The van der Waals surface area contributed by atoms with Crippen LogP contribution in [0.2, 0.25) is 0 Å². The molecule has 0 aromatic carbocycles. The topological polar surface area (TPSA) is 86.8 Å². The number of aromatic amines is 1. The van der Waals surface area contributed by atoms with Crippen LogP contribution in [0.25, 0.3) is 11.2 Å². The first kappa shape index (κ1) is 15.7. The summed E-state index contributed by atoms with van der Waals surface area (Å²) in [6.45, 7) is 3.92. The van der Waals surface area contributed by atoms with Gasteiger partial charge in [0.2, 0.25) is 5.91 Å². The molecule has 0 bridgehead atoms. The fraction of sp³-hybridized carbons (Fsp3) is 0.625. The SMILES string of the molecule is CC1CCCN1C(=O)CCCCCNc1ncnc2nc[nH]c12. The van der Waals surface area contributed by atoms with E-state index in [1.807, 2.05) is 4.90 Å². The molecule has 3 rings (SSSR count). The molecule has 2 N–H and O–H groups in total. The summed E-state index contributed by atoms with van der Waals surface area (Å²) in [7, 11) is 0. The van der Waals surface area contributed by atoms with Gasteiger partial charge < -0.3 is 15.2 Å². The second kappa shape index (κ2) is 7.39. The molecule has 124 valence electrons. The van der Waals surface area contributed by atoms with E-state index in [1.54, 1.807) is 6.33 Å². The largest absolute Gasteiger partial charge is 0.368 e. The van der Waals surface area contributed by atoms with Gasteiger partial charge in [-0.1, -0.05) is 6.42 Å². The number of nitrogens with zero attached hydrogens (tertiary/aromatic N) is 4. The molecule has 1 amide bonds. The molecule has 7 heteroatoms. The van der Waals surface area contributed by atoms with Gasteiger partial charge >= 0.3 is 0 Å². The summed E-state index contributed by atoms with van der Waals surface area (Å²) >= 11 is 0. The van der Waals surface area contributed by atoms with Gasteiger partial charge in [-0.05, 0) is 32.6 Å². The summed E-state index contributed by atoms with van der Waals surface area (Å²) in [4.78, 5) is 29.6. The Bertz CT molecular complexity index is 655. The van der Waals surface area contributed by atoms with Crippen LogP contribution >= 0.6 is 0 Å². The lowest BCUT2D eigenvalue weighted by atomic mass is 10.1. The van der Waals surface area contributed by atoms with Crippen molar-refractivity contribution in [3.8, 4) is 0 Å². The Morgan fingerprint density at radius 2 is 2.26 bits per heavy atom. The van der Waals surface area contributed by atoms with Gasteiger partial charge in [0.25, 0.3) is 0 Å². The van der Waals surface area contributed by atoms with E-state index in [0.717, 1.165) is 56.5 Å². The van der Waals surface area contributed by atoms with Crippen LogP contribution in [-0.4, -0.2) is 49.9 Å². The van der Waals surface area contributed by atoms with Crippen LogP contribution in [0, 0.1) is 0 Å². The van der Waals surface area contributed by atoms with E-state index >= 15 is 0 Å². The molecule has 7 nitrogen and oxygen atoms in total. The first-order valence-electron chi connectivity index (χ1n) is 8.43. The number of amides is 1. The number of carbonyl (C=O) groups is 1. The van der Waals surface area contributed by atoms with Crippen molar-refractivity contribution in [3.63, 3.8) is 0 Å². The Labute approximate surface area is 135 Å². The van der Waals surface area contributed by atoms with Crippen LogP contribution in [0.5, 0.6) is 0 Å². The lowest BCUT2D eigenvalue weighted by Crippen LogP contribution is -2.33. The van der Waals surface area contributed by atoms with Gasteiger partial charge in [0.05, 0.1) is 6.33 Å². The van der Waals surface area contributed by atoms with E-state index in [4.69, 9.17) is 0 Å². The Kier molecular flexibility index (Phi) is 5.05. The molecular weight excluding hydrogens is 292 g/mol. The number of H-pyrrole nitrogens is 1. The van der Waals surface area contributed by atoms with Gasteiger partial charge in [0.15, 0.2) is 11.5 Å². The summed E-state index contributed by atoms with van der Waals surface area (Å²) in [6.07, 6.45) is 9.11. The van der Waals surface area contributed by atoms with Gasteiger partial charge in [-0.3, -0.25) is 4.79 Å². The summed E-state index contributed by atoms with van der Waals surface area (Å²) < 4.78 is 0. The molecule has 2 aromatic rings. The maximum Gasteiger partial charge on any atom is 0.222 e. The van der Waals surface area contributed by atoms with Crippen LogP contribution in [0.3, 0.4) is 0 Å². The lowest BCUT2D eigenvalue weighted by Gasteiger charge is -2.21. The third kappa shape index (κ3) is 3.78. The van der Waals surface area contributed by atoms with E-state index < -0.39 is 0 Å². The molecule has 1 saturated heterocycles. The standard InChI is InChI=1S/C16H24N6O/c1-12-6-5-9-22(12)13(23)7-3-2-4-8-17-15-14-16(19-10-18-14)21-11-20-15/h10-12H,2-9H2,1H3,(H2,17,18,19,20,21). The highest BCUT2D eigenvalue weighted by Gasteiger charge is 2.24. The second-order valence-corrected chi connectivity index (χ2v) is 6.14. The van der Waals surface area contributed by atoms with Gasteiger partial charge in [0.1, 0.15) is 11.8 Å². The highest BCUT2D eigenvalue weighted by atomic mass is 16.2. The number of likely N-dealkylation sites (tertiary alicyclic amines) is 1. The van der Waals surface area contributed by atoms with Crippen LogP contribution < -0.4 is 5.32 Å². The molecule has 2 aromatic heterocycles. The summed E-state index contributed by atoms with van der Waals surface area (Å²) in [5.74, 6) is 1.10. The highest BCUT2D eigenvalue weighted by Crippen LogP contribution is 2.18. The first-order chi connectivity index (χ1) is 11.3. The number of aromatic nitrogens is 4. The number of rotatable bonds is 7. The van der Waals surface area contributed by atoms with Crippen molar-refractivity contribution in [2.75, 3.05) is 18.4 Å². The van der Waals surface area contributed by atoms with E-state index in [9.17, 15) is 4.79 Å². The Hall–Kier alpha value is -2.18. The predicted octanol–water partition coefficient (Wildman–Crippen LogP) is 2.34. The molecule has 1 atom stereocenters. The number of hydrogen-bond acceptors (Lipinski definition) is 5. The molecule has 1 fully saturated rings. The molecule has 0 spiro atoms. The average Bonchev–Trinajstić information content (AvgIpc) is 3.19. The number of nitrogens with one attached hydrogen (secondary N) is 2. The number of hydrogen-bond donors (Lipinski definition) is 2. The van der Waals surface area contributed by atoms with E-state index in [2.05, 4.69) is 32.2 Å². The number of unbranched alkanes of at least 4 members (excludes halogenated alkanes) is 2. The minimum Gasteiger partial charge on any atom is -0.368 e. The van der Waals surface area contributed by atoms with Crippen LogP contribution in [-0.2, 0) is 4.79 Å². The molecule has 0 radical (unpaired) electrons. The van der Waals surface area contributed by atoms with E-state index in [1.165, 1.54) is 6.33 Å². The zero-order chi connectivity index (χ0) is 16.1. The number of fused-ring (bicyclic) bond motifs is 1. The summed E-state index contributed by atoms with van der Waals surface area (Å²) in [6, 6.07) is 0.429. The fourth-order valence-corrected chi connectivity index (χ4v) is 3.13. The second-order valence-electron chi connectivity index (χ2n) is 6.14. The monoisotopic (exact) mass is 316 g/mol. The van der Waals surface area contributed by atoms with Crippen molar-refractivity contribution in [2.45, 2.75) is 51.5 Å². The first-order valence-corrected chi connectivity index (χ1v) is 8.43. The Balaban J connectivity index is 1.34. The van der Waals surface area contributed by atoms with Crippen LogP contribution in [0.1, 0.15) is 45.4 Å². The smallest absolute Gasteiger partial charge is 0.222 e. The number of carbonyl (C=O) groups excluding carboxylic acids is 1. The number of imidazole rings is 1. The minimum atomic E-state index is 0.318. The number of anilines is 1. The normalized spacial score (nSPS) is 17.8. The molecule has 1 aliphatic rings. The van der Waals surface area contributed by atoms with Crippen molar-refractivity contribution in [1.82, 2.24) is 24.8 Å². The van der Waals surface area contributed by atoms with Gasteiger partial charge in [-0.25, -0.2) is 15.0 Å². The molecule has 3 heterocycles. The predicted molar refractivity (Wildman–Crippen MR) is 89.1 cm³/mol. The van der Waals surface area contributed by atoms with Crippen molar-refractivity contribution in [3.05, 3.63) is 12.7 Å². The molecule has 0 aliphatic carbocycles. The van der Waals surface area contributed by atoms with Crippen molar-refractivity contribution in [1.29, 1.82) is 0 Å². The zero-order valence-corrected chi connectivity index (χ0v) is 13.6. The average molecular weight is 316 g/mol. The molecule has 1 aliphatic heterocycles. The Morgan fingerprint density at radius 1 is 1.35 bits per heavy atom. The van der Waals surface area contributed by atoms with Crippen LogP contribution in [0.4, 0.5) is 5.82 Å². The fourth-order valence-electron chi connectivity index (χ4n) is 3.13. The van der Waals surface area contributed by atoms with Gasteiger partial charge in [0, 0.05) is 25.6 Å². The maximum absolute atomic E-state index is 12.1. The highest BCUT2D eigenvalue weighted by molar-refractivity contribution is 5.81. The molecule has 1 unspecified atom stereocenters. The van der Waals surface area contributed by atoms with Crippen molar-refractivity contribution >= 4 is 22.9 Å². The lowest BCUT2D eigenvalue weighted by molar-refractivity contribution is -0.131. The van der Waals surface area contributed by atoms with E-state index in [-0.39, 0.29) is 0 Å². The summed E-state index contributed by atoms with van der Waals surface area (Å²) in [5.41, 5.74) is 1.51. The quantitative estimate of drug-likeness (QED) is 0.766. The van der Waals surface area contributed by atoms with Gasteiger partial charge in [-0.2, -0.15) is 0 Å². The molecular formula is C16H24N6O. The molecule has 23 heavy (non-hydrogen) atoms. The third-order valence-electron chi connectivity index (χ3n) is 4.46. The zero-order valence-electron chi connectivity index (χ0n) is 13.6. The van der Waals surface area contributed by atoms with Crippen LogP contribution in [0.15, 0.2) is 12.7 Å². The Morgan fingerprint density at radius 3 is 3.09 bits per heavy atom. The third-order valence-corrected chi connectivity index (χ3v) is 4.46. The maximum atomic E-state index is 12.1. The molecule has 0 saturated carbocycles. The minimum absolute atomic E-state index is 0.318. The van der Waals surface area contributed by atoms with Crippen molar-refractivity contribution < 1.29 is 4.79 Å².